The Hall–Kier alpha value is -1.29. The number of aromatic nitrogens is 2. The lowest BCUT2D eigenvalue weighted by Gasteiger charge is -2.08. The van der Waals surface area contributed by atoms with Crippen LogP contribution < -0.4 is 5.32 Å². The van der Waals surface area contributed by atoms with Crippen LogP contribution in [0.25, 0.3) is 0 Å². The van der Waals surface area contributed by atoms with Crippen molar-refractivity contribution in [3.8, 4) is 0 Å². The highest BCUT2D eigenvalue weighted by atomic mass is 32.1. The first kappa shape index (κ1) is 13.1. The number of nitrogens with one attached hydrogen (secondary N) is 1. The molecule has 0 bridgehead atoms. The molecule has 0 saturated heterocycles. The summed E-state index contributed by atoms with van der Waals surface area (Å²) in [6.45, 7) is 8.33. The number of anilines is 1. The topological polar surface area (TPSA) is 29.9 Å². The van der Waals surface area contributed by atoms with E-state index in [1.165, 1.54) is 23.3 Å². The van der Waals surface area contributed by atoms with Gasteiger partial charge in [0.15, 0.2) is 0 Å². The lowest BCUT2D eigenvalue weighted by Crippen LogP contribution is -2.07. The lowest BCUT2D eigenvalue weighted by molar-refractivity contribution is 0.635. The number of thiophene rings is 1. The molecule has 0 aliphatic heterocycles. The van der Waals surface area contributed by atoms with Crippen molar-refractivity contribution in [2.24, 2.45) is 0 Å². The van der Waals surface area contributed by atoms with Gasteiger partial charge in [-0.3, -0.25) is 0 Å². The largest absolute Gasteiger partial charge is 0.351 e. The van der Waals surface area contributed by atoms with Crippen molar-refractivity contribution in [2.75, 3.05) is 5.32 Å². The lowest BCUT2D eigenvalue weighted by atomic mass is 10.3. The van der Waals surface area contributed by atoms with Crippen LogP contribution in [0, 0.1) is 13.8 Å². The van der Waals surface area contributed by atoms with Crippen molar-refractivity contribution in [1.82, 2.24) is 9.55 Å². The van der Waals surface area contributed by atoms with Gasteiger partial charge in [0.05, 0.1) is 12.2 Å². The SMILES string of the molecule is CCCCn1cc(C)nc1NCc1sccc1C. The molecule has 98 valence electrons. The number of hydrogen-bond acceptors (Lipinski definition) is 3. The minimum atomic E-state index is 0.867. The molecule has 1 N–H and O–H groups in total. The van der Waals surface area contributed by atoms with Crippen LogP contribution in [0.5, 0.6) is 0 Å². The Morgan fingerprint density at radius 2 is 2.22 bits per heavy atom. The molecule has 0 fully saturated rings. The number of unbranched alkanes of at least 4 members (excludes halogenated alkanes) is 1. The van der Waals surface area contributed by atoms with E-state index in [1.54, 1.807) is 11.3 Å². The van der Waals surface area contributed by atoms with E-state index in [9.17, 15) is 0 Å². The Morgan fingerprint density at radius 3 is 2.89 bits per heavy atom. The zero-order valence-electron chi connectivity index (χ0n) is 11.4. The molecular weight excluding hydrogens is 242 g/mol. The predicted molar refractivity (Wildman–Crippen MR) is 78.3 cm³/mol. The van der Waals surface area contributed by atoms with E-state index in [4.69, 9.17) is 0 Å². The third kappa shape index (κ3) is 3.13. The predicted octanol–water partition coefficient (Wildman–Crippen LogP) is 3.97. The van der Waals surface area contributed by atoms with Crippen LogP contribution >= 0.6 is 11.3 Å². The standard InChI is InChI=1S/C14H21N3S/c1-4-5-7-17-10-12(3)16-14(17)15-9-13-11(2)6-8-18-13/h6,8,10H,4-5,7,9H2,1-3H3,(H,15,16). The Morgan fingerprint density at radius 1 is 1.39 bits per heavy atom. The third-order valence-corrected chi connectivity index (χ3v) is 4.05. The number of imidazole rings is 1. The van der Waals surface area contributed by atoms with E-state index in [2.05, 4.69) is 46.4 Å². The van der Waals surface area contributed by atoms with Crippen molar-refractivity contribution < 1.29 is 0 Å². The molecule has 0 saturated carbocycles. The summed E-state index contributed by atoms with van der Waals surface area (Å²) < 4.78 is 2.22. The maximum Gasteiger partial charge on any atom is 0.203 e. The van der Waals surface area contributed by atoms with Gasteiger partial charge in [0.1, 0.15) is 0 Å². The molecule has 0 aromatic carbocycles. The van der Waals surface area contributed by atoms with E-state index in [0.29, 0.717) is 0 Å². The number of hydrogen-bond donors (Lipinski definition) is 1. The summed E-state index contributed by atoms with van der Waals surface area (Å²) in [6, 6.07) is 2.16. The average Bonchev–Trinajstić information content (AvgIpc) is 2.90. The first-order valence-electron chi connectivity index (χ1n) is 6.51. The van der Waals surface area contributed by atoms with Crippen LogP contribution in [0.3, 0.4) is 0 Å². The summed E-state index contributed by atoms with van der Waals surface area (Å²) in [5.74, 6) is 0.994. The highest BCUT2D eigenvalue weighted by Gasteiger charge is 2.06. The van der Waals surface area contributed by atoms with Crippen LogP contribution in [0.1, 0.15) is 35.9 Å². The van der Waals surface area contributed by atoms with E-state index >= 15 is 0 Å². The van der Waals surface area contributed by atoms with Gasteiger partial charge < -0.3 is 9.88 Å². The van der Waals surface area contributed by atoms with E-state index < -0.39 is 0 Å². The van der Waals surface area contributed by atoms with E-state index in [0.717, 1.165) is 24.7 Å². The molecule has 0 spiro atoms. The number of nitrogens with zero attached hydrogens (tertiary/aromatic N) is 2. The second-order valence-electron chi connectivity index (χ2n) is 4.63. The van der Waals surface area contributed by atoms with Gasteiger partial charge in [0.25, 0.3) is 0 Å². The quantitative estimate of drug-likeness (QED) is 0.854. The van der Waals surface area contributed by atoms with Gasteiger partial charge in [-0.05, 0) is 37.3 Å². The molecule has 3 nitrogen and oxygen atoms in total. The number of rotatable bonds is 6. The summed E-state index contributed by atoms with van der Waals surface area (Å²) in [7, 11) is 0. The molecule has 0 unspecified atom stereocenters. The molecule has 4 heteroatoms. The molecule has 0 amide bonds. The third-order valence-electron chi connectivity index (χ3n) is 3.02. The molecule has 2 aromatic heterocycles. The fourth-order valence-electron chi connectivity index (χ4n) is 1.93. The maximum absolute atomic E-state index is 4.55. The summed E-state index contributed by atoms with van der Waals surface area (Å²) in [4.78, 5) is 5.94. The van der Waals surface area contributed by atoms with Gasteiger partial charge in [0, 0.05) is 17.6 Å². The number of aryl methyl sites for hydroxylation is 3. The zero-order chi connectivity index (χ0) is 13.0. The minimum Gasteiger partial charge on any atom is -0.351 e. The van der Waals surface area contributed by atoms with Gasteiger partial charge >= 0.3 is 0 Å². The van der Waals surface area contributed by atoms with Crippen LogP contribution in [0.4, 0.5) is 5.95 Å². The monoisotopic (exact) mass is 263 g/mol. The zero-order valence-corrected chi connectivity index (χ0v) is 12.2. The molecule has 2 aromatic rings. The first-order valence-corrected chi connectivity index (χ1v) is 7.39. The highest BCUT2D eigenvalue weighted by molar-refractivity contribution is 7.10. The second-order valence-corrected chi connectivity index (χ2v) is 5.63. The Kier molecular flexibility index (Phi) is 4.42. The van der Waals surface area contributed by atoms with Gasteiger partial charge in [0.2, 0.25) is 5.95 Å². The molecule has 2 heterocycles. The summed E-state index contributed by atoms with van der Waals surface area (Å²) in [5.41, 5.74) is 2.44. The van der Waals surface area contributed by atoms with Gasteiger partial charge in [-0.2, -0.15) is 0 Å². The van der Waals surface area contributed by atoms with Crippen molar-refractivity contribution >= 4 is 17.3 Å². The van der Waals surface area contributed by atoms with Crippen molar-refractivity contribution in [3.05, 3.63) is 33.8 Å². The molecule has 0 atom stereocenters. The van der Waals surface area contributed by atoms with Crippen LogP contribution in [-0.2, 0) is 13.1 Å². The van der Waals surface area contributed by atoms with Crippen LogP contribution in [-0.4, -0.2) is 9.55 Å². The minimum absolute atomic E-state index is 0.867. The summed E-state index contributed by atoms with van der Waals surface area (Å²) >= 11 is 1.80. The molecular formula is C14H21N3S. The van der Waals surface area contributed by atoms with Crippen LogP contribution in [0.15, 0.2) is 17.6 Å². The molecule has 18 heavy (non-hydrogen) atoms. The first-order chi connectivity index (χ1) is 8.70. The highest BCUT2D eigenvalue weighted by Crippen LogP contribution is 2.18. The van der Waals surface area contributed by atoms with Gasteiger partial charge in [-0.15, -0.1) is 11.3 Å². The van der Waals surface area contributed by atoms with E-state index in [-0.39, 0.29) is 0 Å². The average molecular weight is 263 g/mol. The smallest absolute Gasteiger partial charge is 0.203 e. The van der Waals surface area contributed by atoms with Crippen molar-refractivity contribution in [1.29, 1.82) is 0 Å². The molecule has 0 radical (unpaired) electrons. The van der Waals surface area contributed by atoms with Crippen LogP contribution in [0.2, 0.25) is 0 Å². The Bertz CT molecular complexity index is 499. The Labute approximate surface area is 113 Å². The van der Waals surface area contributed by atoms with Crippen molar-refractivity contribution in [2.45, 2.75) is 46.7 Å². The fourth-order valence-corrected chi connectivity index (χ4v) is 2.78. The van der Waals surface area contributed by atoms with Gasteiger partial charge in [-0.1, -0.05) is 13.3 Å². The molecule has 0 aliphatic carbocycles. The molecule has 0 aliphatic rings. The van der Waals surface area contributed by atoms with Crippen molar-refractivity contribution in [3.63, 3.8) is 0 Å². The summed E-state index contributed by atoms with van der Waals surface area (Å²) in [5, 5.41) is 5.59. The Balaban J connectivity index is 2.02. The normalized spacial score (nSPS) is 10.8. The summed E-state index contributed by atoms with van der Waals surface area (Å²) in [6.07, 6.45) is 4.53. The second kappa shape index (κ2) is 6.05. The molecule has 2 rings (SSSR count). The fraction of sp³-hybridized carbons (Fsp3) is 0.500. The van der Waals surface area contributed by atoms with Gasteiger partial charge in [-0.25, -0.2) is 4.98 Å². The maximum atomic E-state index is 4.55. The van der Waals surface area contributed by atoms with E-state index in [1.807, 2.05) is 6.92 Å².